The van der Waals surface area contributed by atoms with Crippen LogP contribution in [0, 0.1) is 11.3 Å². The molecule has 0 radical (unpaired) electrons. The van der Waals surface area contributed by atoms with Crippen molar-refractivity contribution in [1.29, 1.82) is 5.26 Å². The quantitative estimate of drug-likeness (QED) is 0.606. The second-order valence-corrected chi connectivity index (χ2v) is 4.27. The van der Waals surface area contributed by atoms with Crippen molar-refractivity contribution in [3.8, 4) is 6.07 Å². The molecule has 0 N–H and O–H groups in total. The van der Waals surface area contributed by atoms with Gasteiger partial charge in [-0.1, -0.05) is 34.8 Å². The van der Waals surface area contributed by atoms with Gasteiger partial charge in [-0.2, -0.15) is 5.26 Å². The lowest BCUT2D eigenvalue weighted by Gasteiger charge is -2.13. The monoisotopic (exact) mass is 205 g/mol. The molecule has 0 spiro atoms. The van der Waals surface area contributed by atoms with Gasteiger partial charge >= 0.3 is 0 Å². The van der Waals surface area contributed by atoms with Crippen molar-refractivity contribution < 1.29 is 0 Å². The van der Waals surface area contributed by atoms with Gasteiger partial charge in [0.2, 0.25) is 3.79 Å². The van der Waals surface area contributed by atoms with Gasteiger partial charge in [0, 0.05) is 0 Å². The normalized spacial score (nSPS) is 14.6. The second kappa shape index (κ2) is 3.73. The Morgan fingerprint density at radius 1 is 1.44 bits per heavy atom. The molecule has 0 aromatic carbocycles. The van der Waals surface area contributed by atoms with Gasteiger partial charge in [0.1, 0.15) is 0 Å². The molecule has 5 heteroatoms. The number of halogens is 4. The number of rotatable bonds is 1. The van der Waals surface area contributed by atoms with E-state index in [-0.39, 0.29) is 6.42 Å². The summed E-state index contributed by atoms with van der Waals surface area (Å²) < 4.78 is -1.53. The molecule has 1 atom stereocenters. The summed E-state index contributed by atoms with van der Waals surface area (Å²) in [4.78, 5) is 0. The van der Waals surface area contributed by atoms with E-state index in [9.17, 15) is 0 Å². The largest absolute Gasteiger partial charge is 0.207 e. The van der Waals surface area contributed by atoms with Crippen LogP contribution in [0.25, 0.3) is 0 Å². The molecule has 0 fully saturated rings. The summed E-state index contributed by atoms with van der Waals surface area (Å²) in [7, 11) is 0. The van der Waals surface area contributed by atoms with Crippen LogP contribution in [0.1, 0.15) is 6.42 Å². The third-order valence-corrected chi connectivity index (χ3v) is 2.23. The van der Waals surface area contributed by atoms with Crippen LogP contribution in [0.3, 0.4) is 0 Å². The Bertz CT molecular complexity index is 122. The van der Waals surface area contributed by atoms with E-state index in [1.807, 2.05) is 0 Å². The molecule has 0 heterocycles. The molecule has 0 saturated carbocycles. The molecular weight excluding hydrogens is 204 g/mol. The van der Waals surface area contributed by atoms with Crippen molar-refractivity contribution in [3.63, 3.8) is 0 Å². The third kappa shape index (κ3) is 4.11. The van der Waals surface area contributed by atoms with Crippen molar-refractivity contribution in [2.75, 3.05) is 0 Å². The lowest BCUT2D eigenvalue weighted by Crippen LogP contribution is -2.18. The molecule has 52 valence electrons. The predicted molar refractivity (Wildman–Crippen MR) is 40.2 cm³/mol. The van der Waals surface area contributed by atoms with Crippen LogP contribution in [0.15, 0.2) is 0 Å². The lowest BCUT2D eigenvalue weighted by molar-refractivity contribution is 0.897. The highest BCUT2D eigenvalue weighted by Gasteiger charge is 2.30. The van der Waals surface area contributed by atoms with E-state index in [0.717, 1.165) is 0 Å². The first-order valence-corrected chi connectivity index (χ1v) is 3.63. The molecule has 0 aliphatic rings. The van der Waals surface area contributed by atoms with Crippen LogP contribution in [0.2, 0.25) is 0 Å². The van der Waals surface area contributed by atoms with Crippen molar-refractivity contribution in [1.82, 2.24) is 0 Å². The van der Waals surface area contributed by atoms with E-state index in [1.165, 1.54) is 0 Å². The van der Waals surface area contributed by atoms with Gasteiger partial charge in [0.05, 0.1) is 17.9 Å². The summed E-state index contributed by atoms with van der Waals surface area (Å²) in [6.07, 6.45) is 0.0397. The van der Waals surface area contributed by atoms with E-state index >= 15 is 0 Å². The highest BCUT2D eigenvalue weighted by atomic mass is 35.6. The standard InChI is InChI=1S/C4H3Cl4N/c5-3(1-2-9)4(6,7)8/h3H,1H2. The minimum absolute atomic E-state index is 0.0397. The highest BCUT2D eigenvalue weighted by molar-refractivity contribution is 6.70. The molecule has 0 amide bonds. The smallest absolute Gasteiger partial charge is 0.198 e. The second-order valence-electron chi connectivity index (χ2n) is 1.37. The SMILES string of the molecule is N#CCC(Cl)C(Cl)(Cl)Cl. The van der Waals surface area contributed by atoms with Crippen LogP contribution in [0.4, 0.5) is 0 Å². The van der Waals surface area contributed by atoms with Crippen molar-refractivity contribution in [2.45, 2.75) is 15.6 Å². The highest BCUT2D eigenvalue weighted by Crippen LogP contribution is 2.35. The minimum atomic E-state index is -1.53. The molecule has 0 aliphatic heterocycles. The molecule has 0 bridgehead atoms. The Morgan fingerprint density at radius 2 is 1.89 bits per heavy atom. The summed E-state index contributed by atoms with van der Waals surface area (Å²) in [6, 6.07) is 1.79. The van der Waals surface area contributed by atoms with Crippen LogP contribution in [0.5, 0.6) is 0 Å². The van der Waals surface area contributed by atoms with E-state index in [4.69, 9.17) is 51.7 Å². The first-order chi connectivity index (χ1) is 3.98. The molecule has 0 aromatic heterocycles. The zero-order valence-electron chi connectivity index (χ0n) is 4.24. The Balaban J connectivity index is 3.76. The molecule has 0 aliphatic carbocycles. The fraction of sp³-hybridized carbons (Fsp3) is 0.750. The lowest BCUT2D eigenvalue weighted by atomic mass is 10.3. The predicted octanol–water partition coefficient (Wildman–Crippen LogP) is 2.88. The van der Waals surface area contributed by atoms with Gasteiger partial charge < -0.3 is 0 Å². The van der Waals surface area contributed by atoms with Crippen molar-refractivity contribution in [3.05, 3.63) is 0 Å². The fourth-order valence-corrected chi connectivity index (χ4v) is 0.496. The molecule has 9 heavy (non-hydrogen) atoms. The van der Waals surface area contributed by atoms with E-state index in [1.54, 1.807) is 6.07 Å². The van der Waals surface area contributed by atoms with Crippen LogP contribution >= 0.6 is 46.4 Å². The van der Waals surface area contributed by atoms with Gasteiger partial charge in [-0.05, 0) is 0 Å². The molecule has 1 unspecified atom stereocenters. The zero-order valence-corrected chi connectivity index (χ0v) is 7.27. The van der Waals surface area contributed by atoms with Gasteiger partial charge in [-0.25, -0.2) is 0 Å². The minimum Gasteiger partial charge on any atom is -0.198 e. The van der Waals surface area contributed by atoms with Crippen LogP contribution in [-0.2, 0) is 0 Å². The van der Waals surface area contributed by atoms with Crippen molar-refractivity contribution in [2.24, 2.45) is 0 Å². The topological polar surface area (TPSA) is 23.8 Å². The zero-order chi connectivity index (χ0) is 7.49. The van der Waals surface area contributed by atoms with Crippen LogP contribution in [-0.4, -0.2) is 9.17 Å². The summed E-state index contributed by atoms with van der Waals surface area (Å²) in [5, 5.41) is 7.36. The Labute approximate surface area is 73.4 Å². The van der Waals surface area contributed by atoms with E-state index in [2.05, 4.69) is 0 Å². The molecular formula is C4H3Cl4N. The van der Waals surface area contributed by atoms with Gasteiger partial charge in [-0.15, -0.1) is 11.6 Å². The number of hydrogen-bond acceptors (Lipinski definition) is 1. The molecule has 0 saturated heterocycles. The van der Waals surface area contributed by atoms with Crippen molar-refractivity contribution >= 4 is 46.4 Å². The summed E-state index contributed by atoms with van der Waals surface area (Å²) >= 11 is 21.4. The average Bonchev–Trinajstić information content (AvgIpc) is 1.64. The number of nitrogens with zero attached hydrogens (tertiary/aromatic N) is 1. The average molecular weight is 207 g/mol. The maximum absolute atomic E-state index is 8.09. The maximum atomic E-state index is 8.09. The summed E-state index contributed by atoms with van der Waals surface area (Å²) in [5.74, 6) is 0. The molecule has 1 nitrogen and oxygen atoms in total. The van der Waals surface area contributed by atoms with Gasteiger partial charge in [-0.3, -0.25) is 0 Å². The Morgan fingerprint density at radius 3 is 2.00 bits per heavy atom. The molecule has 0 rings (SSSR count). The van der Waals surface area contributed by atoms with Gasteiger partial charge in [0.25, 0.3) is 0 Å². The van der Waals surface area contributed by atoms with E-state index < -0.39 is 9.17 Å². The first kappa shape index (κ1) is 9.65. The maximum Gasteiger partial charge on any atom is 0.207 e. The van der Waals surface area contributed by atoms with Crippen LogP contribution < -0.4 is 0 Å². The fourth-order valence-electron chi connectivity index (χ4n) is 0.196. The summed E-state index contributed by atoms with van der Waals surface area (Å²) in [6.45, 7) is 0. The third-order valence-electron chi connectivity index (χ3n) is 0.626. The van der Waals surface area contributed by atoms with E-state index in [0.29, 0.717) is 0 Å². The number of alkyl halides is 4. The summed E-state index contributed by atoms with van der Waals surface area (Å²) in [5.41, 5.74) is 0. The first-order valence-electron chi connectivity index (χ1n) is 2.06. The Hall–Kier alpha value is 0.650. The number of hydrogen-bond donors (Lipinski definition) is 0. The van der Waals surface area contributed by atoms with Gasteiger partial charge in [0.15, 0.2) is 0 Å². The Kier molecular flexibility index (Phi) is 4.00. The number of nitriles is 1. The molecule has 0 aromatic rings.